The van der Waals surface area contributed by atoms with E-state index in [-0.39, 0.29) is 0 Å². The van der Waals surface area contributed by atoms with Crippen LogP contribution in [0.5, 0.6) is 0 Å². The predicted molar refractivity (Wildman–Crippen MR) is 449 cm³/mol. The van der Waals surface area contributed by atoms with E-state index in [0.717, 1.165) is 144 Å². The summed E-state index contributed by atoms with van der Waals surface area (Å²) in [4.78, 5) is 18.3. The summed E-state index contributed by atoms with van der Waals surface area (Å²) in [6, 6.07) is 73.5. The number of hydrogen-bond donors (Lipinski definition) is 0. The van der Waals surface area contributed by atoms with Gasteiger partial charge in [0.05, 0.1) is 33.0 Å². The number of para-hydroxylation sites is 1. The van der Waals surface area contributed by atoms with Crippen molar-refractivity contribution in [1.29, 1.82) is 0 Å². The Hall–Kier alpha value is -12.8. The van der Waals surface area contributed by atoms with Crippen LogP contribution in [0.25, 0.3) is 177 Å². The SMILES string of the molecule is Cc1ccc2c(n1)oc1c(-c3c4ccc(C(C)C)cc4cc[n+]3C)c(C)ccc12.Cc1ccc2c(n1)oc1c(-c3cc4ccccc4c[n+]3C)c(C)ccc12.Cc1ccc2c(n1)oc1c(-c3ccc4ccccc4[n+]3C)c(C)ccc12.[2H]C([2H])([2H])C([2H])(C)c1ccc2c(-c3c(C)ccc4c3oc3nc(C)ccc34)[n+](C)ccc2c1. The highest BCUT2D eigenvalue weighted by Crippen LogP contribution is 2.44. The van der Waals surface area contributed by atoms with Crippen LogP contribution in [0.3, 0.4) is 0 Å². The van der Waals surface area contributed by atoms with E-state index in [1.54, 1.807) is 6.07 Å². The average Bonchev–Trinajstić information content (AvgIpc) is 1.46. The van der Waals surface area contributed by atoms with Crippen molar-refractivity contribution in [3.63, 3.8) is 0 Å². The first kappa shape index (κ1) is 65.5. The Morgan fingerprint density at radius 3 is 1.15 bits per heavy atom. The molecule has 12 heterocycles. The van der Waals surface area contributed by atoms with E-state index in [2.05, 4.69) is 271 Å². The van der Waals surface area contributed by atoms with Crippen LogP contribution in [0.2, 0.25) is 0 Å². The Kier molecular flexibility index (Phi) is 16.5. The van der Waals surface area contributed by atoms with E-state index >= 15 is 0 Å². The van der Waals surface area contributed by atoms with Crippen LogP contribution in [0.1, 0.15) is 101 Å². The molecule has 1 unspecified atom stereocenters. The van der Waals surface area contributed by atoms with Crippen molar-refractivity contribution in [2.24, 2.45) is 28.2 Å². The van der Waals surface area contributed by atoms with Gasteiger partial charge in [0.15, 0.2) is 40.9 Å². The molecule has 0 bridgehead atoms. The molecule has 1 atom stereocenters. The molecule has 0 N–H and O–H groups in total. The summed E-state index contributed by atoms with van der Waals surface area (Å²) in [6.07, 6.45) is 6.28. The second-order valence-electron chi connectivity index (χ2n) is 29.9. The monoisotopic (exact) mass is 1440 g/mol. The molecule has 8 aromatic carbocycles. The molecule has 0 amide bonds. The standard InChI is InChI=1S/2C26H25N2O.2C23H19N2O/c2*1-15(2)18-8-11-20-19(14-18)12-13-28(5)24(20)23-16(3)6-9-21-22-10-7-17(4)27-26(22)29-25(21)23;1-14-8-11-17-18-12-9-15(2)24-23(18)26-22(17)21(14)20-13-10-16-6-4-5-7-19(16)25(20)3;1-14-8-10-18-19-11-9-15(2)24-23(19)26-22(18)21(14)20-12-16-6-4-5-7-17(16)13-25(20)3/h2*6-15H,1-5H3;2*4-13H,1-3H3/q4*+1/i1D3,15D;;;. The smallest absolute Gasteiger partial charge is 0.227 e. The van der Waals surface area contributed by atoms with Crippen molar-refractivity contribution in [3.05, 3.63) is 287 Å². The minimum atomic E-state index is -2.43. The lowest BCUT2D eigenvalue weighted by atomic mass is 9.94. The van der Waals surface area contributed by atoms with Crippen molar-refractivity contribution in [1.82, 2.24) is 19.9 Å². The van der Waals surface area contributed by atoms with Gasteiger partial charge in [-0.2, -0.15) is 4.57 Å². The summed E-state index contributed by atoms with van der Waals surface area (Å²) in [7, 11) is 8.30. The van der Waals surface area contributed by atoms with Crippen LogP contribution >= 0.6 is 0 Å². The minimum absolute atomic E-state index is 0.466. The number of hydrogen-bond acceptors (Lipinski definition) is 8. The maximum absolute atomic E-state index is 8.49. The summed E-state index contributed by atoms with van der Waals surface area (Å²) in [6.45, 7) is 19.9. The maximum Gasteiger partial charge on any atom is 0.227 e. The lowest BCUT2D eigenvalue weighted by Crippen LogP contribution is -2.32. The quantitative estimate of drug-likeness (QED) is 0.151. The van der Waals surface area contributed by atoms with Crippen LogP contribution in [-0.4, -0.2) is 19.9 Å². The zero-order chi connectivity index (χ0) is 79.7. The summed E-state index contributed by atoms with van der Waals surface area (Å²) in [5, 5.41) is 16.5. The van der Waals surface area contributed by atoms with Gasteiger partial charge in [-0.3, -0.25) is 0 Å². The molecular weight excluding hydrogens is 1350 g/mol. The normalized spacial score (nSPS) is 13.0. The Bertz CT molecular complexity index is 7220. The second-order valence-corrected chi connectivity index (χ2v) is 29.9. The highest BCUT2D eigenvalue weighted by molar-refractivity contribution is 6.14. The van der Waals surface area contributed by atoms with Crippen molar-refractivity contribution in [2.75, 3.05) is 0 Å². The number of nitrogens with zero attached hydrogens (tertiary/aromatic N) is 8. The Morgan fingerprint density at radius 2 is 0.700 bits per heavy atom. The molecule has 540 valence electrons. The van der Waals surface area contributed by atoms with Gasteiger partial charge >= 0.3 is 0 Å². The molecule has 0 radical (unpaired) electrons. The molecule has 0 aliphatic rings. The molecule has 20 aromatic rings. The number of fused-ring (bicyclic) bond motifs is 16. The molecule has 0 aliphatic carbocycles. The first-order valence-corrected chi connectivity index (χ1v) is 37.5. The molecule has 12 heteroatoms. The van der Waals surface area contributed by atoms with Crippen LogP contribution in [-0.2, 0) is 28.2 Å². The highest BCUT2D eigenvalue weighted by atomic mass is 16.4. The molecule has 110 heavy (non-hydrogen) atoms. The topological polar surface area (TPSA) is 120 Å². The molecule has 12 nitrogen and oxygen atoms in total. The first-order valence-electron chi connectivity index (χ1n) is 39.5. The lowest BCUT2D eigenvalue weighted by molar-refractivity contribution is -0.659. The van der Waals surface area contributed by atoms with E-state index in [1.165, 1.54) is 67.3 Å². The fourth-order valence-corrected chi connectivity index (χ4v) is 16.0. The number of aromatic nitrogens is 8. The van der Waals surface area contributed by atoms with Crippen LogP contribution in [0.4, 0.5) is 0 Å². The highest BCUT2D eigenvalue weighted by Gasteiger charge is 2.29. The van der Waals surface area contributed by atoms with Gasteiger partial charge < -0.3 is 17.7 Å². The molecule has 0 spiro atoms. The van der Waals surface area contributed by atoms with E-state index < -0.39 is 12.7 Å². The van der Waals surface area contributed by atoms with Crippen molar-refractivity contribution >= 4 is 131 Å². The van der Waals surface area contributed by atoms with Crippen molar-refractivity contribution in [2.45, 2.75) is 94.8 Å². The minimum Gasteiger partial charge on any atom is -0.437 e. The van der Waals surface area contributed by atoms with Gasteiger partial charge in [-0.1, -0.05) is 131 Å². The van der Waals surface area contributed by atoms with Crippen LogP contribution < -0.4 is 18.3 Å². The van der Waals surface area contributed by atoms with E-state index in [1.807, 2.05) is 89.5 Å². The van der Waals surface area contributed by atoms with Gasteiger partial charge in [0, 0.05) is 112 Å². The third-order valence-electron chi connectivity index (χ3n) is 21.9. The molecule has 0 aliphatic heterocycles. The average molecular weight is 1450 g/mol. The lowest BCUT2D eigenvalue weighted by Gasteiger charge is -2.11. The van der Waals surface area contributed by atoms with Gasteiger partial charge in [-0.25, -0.2) is 33.6 Å². The molecule has 0 saturated carbocycles. The summed E-state index contributed by atoms with van der Waals surface area (Å²) in [5.74, 6) is -1.19. The fraction of sp³-hybridized carbons (Fsp3) is 0.184. The van der Waals surface area contributed by atoms with E-state index in [4.69, 9.17) is 23.2 Å². The molecule has 0 saturated heterocycles. The van der Waals surface area contributed by atoms with Gasteiger partial charge in [0.1, 0.15) is 28.2 Å². The first-order chi connectivity index (χ1) is 54.7. The number of aryl methyl sites for hydroxylation is 12. The predicted octanol–water partition coefficient (Wildman–Crippen LogP) is 23.2. The fourth-order valence-electron chi connectivity index (χ4n) is 16.0. The second kappa shape index (κ2) is 27.8. The van der Waals surface area contributed by atoms with Gasteiger partial charge in [-0.15, -0.1) is 0 Å². The Morgan fingerprint density at radius 1 is 0.327 bits per heavy atom. The number of rotatable bonds is 6. The van der Waals surface area contributed by atoms with Crippen molar-refractivity contribution < 1.29 is 41.4 Å². The number of furan rings is 4. The number of benzene rings is 8. The summed E-state index contributed by atoms with van der Waals surface area (Å²) in [5.41, 5.74) is 26.5. The van der Waals surface area contributed by atoms with E-state index in [9.17, 15) is 0 Å². The third kappa shape index (κ3) is 12.3. The Labute approximate surface area is 644 Å². The van der Waals surface area contributed by atoms with Gasteiger partial charge in [-0.05, 0) is 196 Å². The molecule has 0 fully saturated rings. The van der Waals surface area contributed by atoms with Gasteiger partial charge in [0.2, 0.25) is 51.1 Å². The zero-order valence-corrected chi connectivity index (χ0v) is 64.7. The van der Waals surface area contributed by atoms with E-state index in [0.29, 0.717) is 34.3 Å². The summed E-state index contributed by atoms with van der Waals surface area (Å²) < 4.78 is 65.7. The Balaban J connectivity index is 0.000000110. The third-order valence-corrected chi connectivity index (χ3v) is 21.9. The molecular formula is C98H88N8O4+4. The summed E-state index contributed by atoms with van der Waals surface area (Å²) >= 11 is 0. The van der Waals surface area contributed by atoms with Crippen LogP contribution in [0.15, 0.2) is 249 Å². The zero-order valence-electron chi connectivity index (χ0n) is 68.7. The van der Waals surface area contributed by atoms with Crippen LogP contribution in [0, 0.1) is 55.4 Å². The molecule has 12 aromatic heterocycles. The largest absolute Gasteiger partial charge is 0.437 e. The van der Waals surface area contributed by atoms with Crippen molar-refractivity contribution in [3.8, 4) is 45.0 Å². The number of pyridine rings is 8. The molecule has 20 rings (SSSR count). The van der Waals surface area contributed by atoms with Gasteiger partial charge in [0.25, 0.3) is 0 Å². The maximum atomic E-state index is 8.49.